The van der Waals surface area contributed by atoms with E-state index in [0.717, 1.165) is 23.3 Å². The summed E-state index contributed by atoms with van der Waals surface area (Å²) >= 11 is 0. The van der Waals surface area contributed by atoms with E-state index >= 15 is 0 Å². The second kappa shape index (κ2) is 3.70. The summed E-state index contributed by atoms with van der Waals surface area (Å²) in [6.07, 6.45) is 1.44. The van der Waals surface area contributed by atoms with Gasteiger partial charge >= 0.3 is 0 Å². The third kappa shape index (κ3) is 1.45. The number of hydrogen-bond donors (Lipinski definition) is 0. The van der Waals surface area contributed by atoms with Crippen molar-refractivity contribution in [2.45, 2.75) is 19.3 Å². The third-order valence-corrected chi connectivity index (χ3v) is 2.41. The molecule has 0 spiro atoms. The number of fused-ring (bicyclic) bond motifs is 1. The van der Waals surface area contributed by atoms with E-state index in [4.69, 9.17) is 9.47 Å². The Morgan fingerprint density at radius 1 is 1.50 bits per heavy atom. The van der Waals surface area contributed by atoms with Gasteiger partial charge in [-0.05, 0) is 12.0 Å². The van der Waals surface area contributed by atoms with Crippen molar-refractivity contribution in [3.63, 3.8) is 0 Å². The molecule has 0 aromatic heterocycles. The summed E-state index contributed by atoms with van der Waals surface area (Å²) in [6, 6.07) is 5.77. The highest BCUT2D eigenvalue weighted by atomic mass is 16.7. The van der Waals surface area contributed by atoms with Gasteiger partial charge in [-0.3, -0.25) is 0 Å². The van der Waals surface area contributed by atoms with E-state index in [0.29, 0.717) is 6.42 Å². The van der Waals surface area contributed by atoms with Crippen LogP contribution in [0.3, 0.4) is 0 Å². The molecule has 0 amide bonds. The minimum Gasteiger partial charge on any atom is -0.454 e. The smallest absolute Gasteiger partial charge is 0.231 e. The molecular formula is C11H12O3. The van der Waals surface area contributed by atoms with Crippen molar-refractivity contribution in [2.24, 2.45) is 0 Å². The van der Waals surface area contributed by atoms with Crippen LogP contribution in [0, 0.1) is 0 Å². The van der Waals surface area contributed by atoms with Crippen molar-refractivity contribution in [3.05, 3.63) is 23.8 Å². The topological polar surface area (TPSA) is 35.5 Å². The lowest BCUT2D eigenvalue weighted by atomic mass is 9.97. The fourth-order valence-electron chi connectivity index (χ4n) is 1.61. The van der Waals surface area contributed by atoms with Crippen LogP contribution in [0.2, 0.25) is 0 Å². The molecule has 2 rings (SSSR count). The molecule has 3 heteroatoms. The molecule has 1 aliphatic rings. The van der Waals surface area contributed by atoms with E-state index in [-0.39, 0.29) is 12.7 Å². The van der Waals surface area contributed by atoms with Crippen LogP contribution in [0.1, 0.15) is 24.8 Å². The summed E-state index contributed by atoms with van der Waals surface area (Å²) in [5.74, 6) is 1.76. The van der Waals surface area contributed by atoms with Gasteiger partial charge in [-0.2, -0.15) is 0 Å². The Kier molecular flexibility index (Phi) is 2.39. The standard InChI is InChI=1S/C11H12O3/c1-8(5-6-12)9-3-2-4-10-11(9)14-7-13-10/h2-4,6,8H,5,7H2,1H3. The average molecular weight is 192 g/mol. The quantitative estimate of drug-likeness (QED) is 0.688. The van der Waals surface area contributed by atoms with Gasteiger partial charge in [-0.25, -0.2) is 0 Å². The van der Waals surface area contributed by atoms with Crippen LogP contribution >= 0.6 is 0 Å². The van der Waals surface area contributed by atoms with Gasteiger partial charge in [-0.15, -0.1) is 0 Å². The van der Waals surface area contributed by atoms with Crippen molar-refractivity contribution in [2.75, 3.05) is 6.79 Å². The highest BCUT2D eigenvalue weighted by Gasteiger charge is 2.20. The number of ether oxygens (including phenoxy) is 2. The summed E-state index contributed by atoms with van der Waals surface area (Å²) in [5, 5.41) is 0. The van der Waals surface area contributed by atoms with E-state index in [1.807, 2.05) is 25.1 Å². The summed E-state index contributed by atoms with van der Waals surface area (Å²) in [6.45, 7) is 2.28. The number of benzene rings is 1. The van der Waals surface area contributed by atoms with E-state index in [9.17, 15) is 4.79 Å². The third-order valence-electron chi connectivity index (χ3n) is 2.41. The van der Waals surface area contributed by atoms with Crippen LogP contribution in [0.15, 0.2) is 18.2 Å². The SMILES string of the molecule is CC(CC=O)c1cccc2c1OCO2. The molecule has 0 N–H and O–H groups in total. The molecule has 0 bridgehead atoms. The molecule has 0 fully saturated rings. The number of aldehydes is 1. The lowest BCUT2D eigenvalue weighted by Gasteiger charge is -2.10. The molecule has 3 nitrogen and oxygen atoms in total. The molecule has 0 aliphatic carbocycles. The molecule has 1 aromatic rings. The summed E-state index contributed by atoms with van der Waals surface area (Å²) in [7, 11) is 0. The van der Waals surface area contributed by atoms with Gasteiger partial charge in [0.2, 0.25) is 6.79 Å². The first-order valence-electron chi connectivity index (χ1n) is 4.65. The predicted octanol–water partition coefficient (Wildman–Crippen LogP) is 2.11. The molecule has 1 atom stereocenters. The van der Waals surface area contributed by atoms with Crippen LogP contribution in [0.4, 0.5) is 0 Å². The molecule has 1 aromatic carbocycles. The van der Waals surface area contributed by atoms with Gasteiger partial charge in [-0.1, -0.05) is 19.1 Å². The Balaban J connectivity index is 2.34. The van der Waals surface area contributed by atoms with Crippen molar-refractivity contribution in [1.82, 2.24) is 0 Å². The van der Waals surface area contributed by atoms with Crippen LogP contribution < -0.4 is 9.47 Å². The molecule has 0 saturated carbocycles. The van der Waals surface area contributed by atoms with Gasteiger partial charge < -0.3 is 14.3 Å². The van der Waals surface area contributed by atoms with E-state index in [1.54, 1.807) is 0 Å². The van der Waals surface area contributed by atoms with Crippen LogP contribution in [0.25, 0.3) is 0 Å². The first-order chi connectivity index (χ1) is 6.83. The Morgan fingerprint density at radius 3 is 3.14 bits per heavy atom. The molecule has 0 radical (unpaired) electrons. The number of rotatable bonds is 3. The van der Waals surface area contributed by atoms with Crippen LogP contribution in [-0.2, 0) is 4.79 Å². The number of carbonyl (C=O) groups is 1. The lowest BCUT2D eigenvalue weighted by molar-refractivity contribution is -0.108. The Bertz CT molecular complexity index is 346. The zero-order chi connectivity index (χ0) is 9.97. The van der Waals surface area contributed by atoms with Gasteiger partial charge in [0.15, 0.2) is 11.5 Å². The monoisotopic (exact) mass is 192 g/mol. The molecule has 1 heterocycles. The van der Waals surface area contributed by atoms with E-state index < -0.39 is 0 Å². The lowest BCUT2D eigenvalue weighted by Crippen LogP contribution is -1.98. The Labute approximate surface area is 82.6 Å². The molecule has 1 aliphatic heterocycles. The minimum atomic E-state index is 0.184. The Morgan fingerprint density at radius 2 is 2.36 bits per heavy atom. The zero-order valence-corrected chi connectivity index (χ0v) is 8.03. The van der Waals surface area contributed by atoms with Gasteiger partial charge in [0.1, 0.15) is 6.29 Å². The largest absolute Gasteiger partial charge is 0.454 e. The highest BCUT2D eigenvalue weighted by Crippen LogP contribution is 2.39. The zero-order valence-electron chi connectivity index (χ0n) is 8.03. The maximum atomic E-state index is 10.4. The average Bonchev–Trinajstić information content (AvgIpc) is 2.65. The number of para-hydroxylation sites is 1. The number of carbonyl (C=O) groups excluding carboxylic acids is 1. The summed E-state index contributed by atoms with van der Waals surface area (Å²) < 4.78 is 10.6. The maximum Gasteiger partial charge on any atom is 0.231 e. The highest BCUT2D eigenvalue weighted by molar-refractivity contribution is 5.55. The van der Waals surface area contributed by atoms with E-state index in [1.165, 1.54) is 0 Å². The fraction of sp³-hybridized carbons (Fsp3) is 0.364. The Hall–Kier alpha value is -1.51. The van der Waals surface area contributed by atoms with Crippen molar-refractivity contribution in [3.8, 4) is 11.5 Å². The second-order valence-corrected chi connectivity index (χ2v) is 3.38. The molecule has 74 valence electrons. The van der Waals surface area contributed by atoms with Crippen molar-refractivity contribution >= 4 is 6.29 Å². The van der Waals surface area contributed by atoms with Gasteiger partial charge in [0.05, 0.1) is 0 Å². The molecule has 14 heavy (non-hydrogen) atoms. The maximum absolute atomic E-state index is 10.4. The van der Waals surface area contributed by atoms with Gasteiger partial charge in [0, 0.05) is 12.0 Å². The molecule has 1 unspecified atom stereocenters. The normalized spacial score (nSPS) is 15.2. The van der Waals surface area contributed by atoms with E-state index in [2.05, 4.69) is 0 Å². The fourth-order valence-corrected chi connectivity index (χ4v) is 1.61. The summed E-state index contributed by atoms with van der Waals surface area (Å²) in [5.41, 5.74) is 1.05. The molecular weight excluding hydrogens is 180 g/mol. The van der Waals surface area contributed by atoms with Gasteiger partial charge in [0.25, 0.3) is 0 Å². The summed E-state index contributed by atoms with van der Waals surface area (Å²) in [4.78, 5) is 10.4. The van der Waals surface area contributed by atoms with Crippen LogP contribution in [0.5, 0.6) is 11.5 Å². The number of hydrogen-bond acceptors (Lipinski definition) is 3. The van der Waals surface area contributed by atoms with Crippen LogP contribution in [-0.4, -0.2) is 13.1 Å². The molecule has 0 saturated heterocycles. The minimum absolute atomic E-state index is 0.184. The second-order valence-electron chi connectivity index (χ2n) is 3.38. The van der Waals surface area contributed by atoms with Crippen molar-refractivity contribution in [1.29, 1.82) is 0 Å². The predicted molar refractivity (Wildman–Crippen MR) is 51.7 cm³/mol. The first kappa shape index (κ1) is 9.06. The first-order valence-corrected chi connectivity index (χ1v) is 4.65. The van der Waals surface area contributed by atoms with Crippen molar-refractivity contribution < 1.29 is 14.3 Å².